The van der Waals surface area contributed by atoms with Crippen molar-refractivity contribution in [3.05, 3.63) is 16.4 Å². The van der Waals surface area contributed by atoms with Crippen LogP contribution in [-0.4, -0.2) is 27.1 Å². The predicted octanol–water partition coefficient (Wildman–Crippen LogP) is 0.893. The van der Waals surface area contributed by atoms with Crippen molar-refractivity contribution in [3.63, 3.8) is 0 Å². The Bertz CT molecular complexity index is 359. The van der Waals surface area contributed by atoms with Gasteiger partial charge in [-0.3, -0.25) is 14.7 Å². The van der Waals surface area contributed by atoms with Crippen LogP contribution in [0.25, 0.3) is 0 Å². The van der Waals surface area contributed by atoms with E-state index in [-0.39, 0.29) is 28.6 Å². The minimum absolute atomic E-state index is 0.0814. The summed E-state index contributed by atoms with van der Waals surface area (Å²) in [5.41, 5.74) is 0.331. The molecule has 0 amide bonds. The number of carbonyl (C=O) groups excluding carboxylic acids is 1. The second kappa shape index (κ2) is 3.57. The zero-order valence-corrected chi connectivity index (χ0v) is 7.55. The first kappa shape index (κ1) is 9.73. The van der Waals surface area contributed by atoms with E-state index in [1.54, 1.807) is 0 Å². The molecule has 0 aliphatic heterocycles. The lowest BCUT2D eigenvalue weighted by Gasteiger charge is -1.91. The molecular formula is C7H7ClN2O3. The van der Waals surface area contributed by atoms with E-state index in [0.29, 0.717) is 0 Å². The molecule has 1 aromatic rings. The van der Waals surface area contributed by atoms with Gasteiger partial charge >= 0.3 is 5.97 Å². The highest BCUT2D eigenvalue weighted by atomic mass is 35.5. The molecule has 0 bridgehead atoms. The fraction of sp³-hybridized carbons (Fsp3) is 0.286. The summed E-state index contributed by atoms with van der Waals surface area (Å²) in [4.78, 5) is 21.2. The lowest BCUT2D eigenvalue weighted by Crippen LogP contribution is -2.00. The van der Waals surface area contributed by atoms with Gasteiger partial charge in [-0.2, -0.15) is 5.10 Å². The summed E-state index contributed by atoms with van der Waals surface area (Å²) in [6, 6.07) is 0. The predicted molar refractivity (Wildman–Crippen MR) is 44.9 cm³/mol. The van der Waals surface area contributed by atoms with E-state index < -0.39 is 5.97 Å². The molecule has 2 N–H and O–H groups in total. The molecule has 1 aromatic heterocycles. The molecule has 6 heteroatoms. The summed E-state index contributed by atoms with van der Waals surface area (Å²) >= 11 is 5.69. The quantitative estimate of drug-likeness (QED) is 0.714. The number of hydrogen-bond donors (Lipinski definition) is 2. The number of ketones is 1. The van der Waals surface area contributed by atoms with E-state index in [1.807, 2.05) is 0 Å². The molecule has 1 rings (SSSR count). The Morgan fingerprint density at radius 2 is 2.23 bits per heavy atom. The molecule has 0 saturated carbocycles. The molecule has 0 radical (unpaired) electrons. The molecule has 5 nitrogen and oxygen atoms in total. The first-order chi connectivity index (χ1) is 6.02. The Morgan fingerprint density at radius 1 is 1.62 bits per heavy atom. The number of rotatable bonds is 3. The molecule has 70 valence electrons. The van der Waals surface area contributed by atoms with Crippen molar-refractivity contribution >= 4 is 23.4 Å². The first-order valence-electron chi connectivity index (χ1n) is 3.48. The van der Waals surface area contributed by atoms with Crippen molar-refractivity contribution in [3.8, 4) is 0 Å². The molecule has 0 atom stereocenters. The van der Waals surface area contributed by atoms with Gasteiger partial charge in [-0.05, 0) is 0 Å². The normalized spacial score (nSPS) is 10.0. The van der Waals surface area contributed by atoms with Gasteiger partial charge in [-0.15, -0.1) is 0 Å². The number of carbonyl (C=O) groups is 2. The van der Waals surface area contributed by atoms with E-state index >= 15 is 0 Å². The molecule has 0 aliphatic rings. The number of halogens is 1. The monoisotopic (exact) mass is 202 g/mol. The standard InChI is InChI=1S/C7H7ClN2O3/c1-3(11)7-6(8)4(9-10-7)2-5(12)13/h2H2,1H3,(H,9,10)(H,12,13). The number of aromatic amines is 1. The number of nitrogens with one attached hydrogen (secondary N) is 1. The first-order valence-corrected chi connectivity index (χ1v) is 3.85. The third kappa shape index (κ3) is 2.06. The van der Waals surface area contributed by atoms with Gasteiger partial charge in [-0.25, -0.2) is 0 Å². The van der Waals surface area contributed by atoms with Crippen LogP contribution < -0.4 is 0 Å². The van der Waals surface area contributed by atoms with Crippen molar-refractivity contribution in [2.24, 2.45) is 0 Å². The highest BCUT2D eigenvalue weighted by molar-refractivity contribution is 6.34. The lowest BCUT2D eigenvalue weighted by molar-refractivity contribution is -0.136. The van der Waals surface area contributed by atoms with Crippen LogP contribution in [0.3, 0.4) is 0 Å². The van der Waals surface area contributed by atoms with Crippen molar-refractivity contribution in [2.45, 2.75) is 13.3 Å². The van der Waals surface area contributed by atoms with E-state index in [9.17, 15) is 9.59 Å². The number of carboxylic acids is 1. The van der Waals surface area contributed by atoms with Crippen LogP contribution in [-0.2, 0) is 11.2 Å². The van der Waals surface area contributed by atoms with Gasteiger partial charge in [0, 0.05) is 6.92 Å². The van der Waals surface area contributed by atoms with Crippen molar-refractivity contribution in [2.75, 3.05) is 0 Å². The molecule has 0 aromatic carbocycles. The topological polar surface area (TPSA) is 83.0 Å². The van der Waals surface area contributed by atoms with Gasteiger partial charge in [0.2, 0.25) is 0 Å². The van der Waals surface area contributed by atoms with Crippen molar-refractivity contribution in [1.29, 1.82) is 0 Å². The van der Waals surface area contributed by atoms with Crippen molar-refractivity contribution < 1.29 is 14.7 Å². The molecule has 0 fully saturated rings. The number of carboxylic acid groups (broad SMARTS) is 1. The SMILES string of the molecule is CC(=O)c1n[nH]c(CC(=O)O)c1Cl. The van der Waals surface area contributed by atoms with E-state index in [4.69, 9.17) is 16.7 Å². The maximum atomic E-state index is 10.9. The zero-order chi connectivity index (χ0) is 10.0. The fourth-order valence-corrected chi connectivity index (χ4v) is 1.15. The van der Waals surface area contributed by atoms with Gasteiger partial charge in [0.1, 0.15) is 5.69 Å². The van der Waals surface area contributed by atoms with Crippen LogP contribution in [0.4, 0.5) is 0 Å². The minimum atomic E-state index is -1.03. The third-order valence-electron chi connectivity index (χ3n) is 1.44. The highest BCUT2D eigenvalue weighted by Crippen LogP contribution is 2.18. The Balaban J connectivity index is 2.99. The average Bonchev–Trinajstić information content (AvgIpc) is 2.32. The third-order valence-corrected chi connectivity index (χ3v) is 1.84. The van der Waals surface area contributed by atoms with Crippen LogP contribution in [0.15, 0.2) is 0 Å². The van der Waals surface area contributed by atoms with Crippen LogP contribution >= 0.6 is 11.6 Å². The molecule has 0 aliphatic carbocycles. The van der Waals surface area contributed by atoms with E-state index in [1.165, 1.54) is 6.92 Å². The Morgan fingerprint density at radius 3 is 2.62 bits per heavy atom. The van der Waals surface area contributed by atoms with Gasteiger partial charge in [0.25, 0.3) is 0 Å². The van der Waals surface area contributed by atoms with Crippen LogP contribution in [0, 0.1) is 0 Å². The molecule has 13 heavy (non-hydrogen) atoms. The molecular weight excluding hydrogens is 196 g/mol. The van der Waals surface area contributed by atoms with E-state index in [0.717, 1.165) is 0 Å². The Kier molecular flexibility index (Phi) is 2.67. The maximum Gasteiger partial charge on any atom is 0.309 e. The summed E-state index contributed by atoms with van der Waals surface area (Å²) in [6.45, 7) is 1.31. The number of hydrogen-bond acceptors (Lipinski definition) is 3. The van der Waals surface area contributed by atoms with E-state index in [2.05, 4.69) is 10.2 Å². The maximum absolute atomic E-state index is 10.9. The second-order valence-corrected chi connectivity index (χ2v) is 2.87. The summed E-state index contributed by atoms with van der Waals surface area (Å²) in [5, 5.41) is 14.5. The summed E-state index contributed by atoms with van der Waals surface area (Å²) < 4.78 is 0. The van der Waals surface area contributed by atoms with Crippen molar-refractivity contribution in [1.82, 2.24) is 10.2 Å². The minimum Gasteiger partial charge on any atom is -0.481 e. The summed E-state index contributed by atoms with van der Waals surface area (Å²) in [5.74, 6) is -1.32. The average molecular weight is 203 g/mol. The van der Waals surface area contributed by atoms with Crippen LogP contribution in [0.2, 0.25) is 5.02 Å². The largest absolute Gasteiger partial charge is 0.481 e. The Hall–Kier alpha value is -1.36. The van der Waals surface area contributed by atoms with Gasteiger partial charge in [-0.1, -0.05) is 11.6 Å². The zero-order valence-electron chi connectivity index (χ0n) is 6.80. The molecule has 0 saturated heterocycles. The lowest BCUT2D eigenvalue weighted by atomic mass is 10.2. The number of Topliss-reactive ketones (excluding diaryl/α,β-unsaturated/α-hetero) is 1. The van der Waals surface area contributed by atoms with Crippen LogP contribution in [0.1, 0.15) is 23.1 Å². The smallest absolute Gasteiger partial charge is 0.309 e. The summed E-state index contributed by atoms with van der Waals surface area (Å²) in [6.07, 6.45) is -0.265. The number of nitrogens with zero attached hydrogens (tertiary/aromatic N) is 1. The Labute approximate surface area is 78.7 Å². The highest BCUT2D eigenvalue weighted by Gasteiger charge is 2.16. The van der Waals surface area contributed by atoms with Gasteiger partial charge in [0.05, 0.1) is 17.1 Å². The molecule has 1 heterocycles. The van der Waals surface area contributed by atoms with Gasteiger partial charge in [0.15, 0.2) is 5.78 Å². The fourth-order valence-electron chi connectivity index (χ4n) is 0.866. The summed E-state index contributed by atoms with van der Waals surface area (Å²) in [7, 11) is 0. The second-order valence-electron chi connectivity index (χ2n) is 2.49. The number of aliphatic carboxylic acids is 1. The molecule has 0 unspecified atom stereocenters. The van der Waals surface area contributed by atoms with Gasteiger partial charge < -0.3 is 5.11 Å². The molecule has 0 spiro atoms. The number of H-pyrrole nitrogens is 1. The number of aromatic nitrogens is 2. The van der Waals surface area contributed by atoms with Crippen LogP contribution in [0.5, 0.6) is 0 Å².